The van der Waals surface area contributed by atoms with Crippen LogP contribution in [0.5, 0.6) is 0 Å². The number of nitrogens with one attached hydrogen (secondary N) is 1. The lowest BCUT2D eigenvalue weighted by Gasteiger charge is -2.21. The zero-order valence-electron chi connectivity index (χ0n) is 15.1. The van der Waals surface area contributed by atoms with Gasteiger partial charge < -0.3 is 19.4 Å². The Balaban J connectivity index is 1.77. The maximum Gasteiger partial charge on any atom is 0.194 e. The number of methoxy groups -OCH3 is 1. The Labute approximate surface area is 147 Å². The highest BCUT2D eigenvalue weighted by Gasteiger charge is 2.24. The van der Waals surface area contributed by atoms with E-state index >= 15 is 0 Å². The first kappa shape index (κ1) is 17.7. The zero-order chi connectivity index (χ0) is 17.8. The summed E-state index contributed by atoms with van der Waals surface area (Å²) in [5, 5.41) is 4.17. The number of hydrogen-bond acceptors (Lipinski definition) is 3. The van der Waals surface area contributed by atoms with Crippen molar-refractivity contribution in [2.75, 3.05) is 33.4 Å². The summed E-state index contributed by atoms with van der Waals surface area (Å²) in [7, 11) is 1.75. The van der Waals surface area contributed by atoms with E-state index in [4.69, 9.17) is 14.1 Å². The Hall–Kier alpha value is -2.08. The number of guanidine groups is 1. The van der Waals surface area contributed by atoms with Gasteiger partial charge >= 0.3 is 0 Å². The molecule has 1 aliphatic heterocycles. The molecule has 0 aliphatic carbocycles. The molecule has 1 atom stereocenters. The molecule has 25 heavy (non-hydrogen) atoms. The van der Waals surface area contributed by atoms with Gasteiger partial charge in [0.15, 0.2) is 5.96 Å². The molecule has 3 rings (SSSR count). The first-order chi connectivity index (χ1) is 12.1. The van der Waals surface area contributed by atoms with Crippen LogP contribution in [0.15, 0.2) is 27.6 Å². The van der Waals surface area contributed by atoms with Crippen molar-refractivity contribution in [1.29, 1.82) is 0 Å². The van der Waals surface area contributed by atoms with Gasteiger partial charge in [0.1, 0.15) is 23.7 Å². The van der Waals surface area contributed by atoms with E-state index < -0.39 is 0 Å². The number of likely N-dealkylation sites (tertiary alicyclic amines) is 1. The van der Waals surface area contributed by atoms with Crippen molar-refractivity contribution in [1.82, 2.24) is 10.2 Å². The minimum Gasteiger partial charge on any atom is -0.459 e. The third kappa shape index (κ3) is 3.95. The van der Waals surface area contributed by atoms with Crippen LogP contribution in [-0.2, 0) is 11.3 Å². The molecular formula is C19H26FN3O2. The third-order valence-corrected chi connectivity index (χ3v) is 4.69. The number of fused-ring (bicyclic) bond motifs is 1. The standard InChI is InChI=1S/C19H26FN3O2/c1-4-21-19(23-8-7-14(11-23)12-24-3)22-10-18-13(2)16-9-15(20)5-6-17(16)25-18/h5-6,9,14H,4,7-8,10-12H2,1-3H3,(H,21,22). The highest BCUT2D eigenvalue weighted by molar-refractivity contribution is 5.83. The van der Waals surface area contributed by atoms with E-state index in [0.717, 1.165) is 55.3 Å². The van der Waals surface area contributed by atoms with Gasteiger partial charge in [0, 0.05) is 43.6 Å². The summed E-state index contributed by atoms with van der Waals surface area (Å²) >= 11 is 0. The summed E-state index contributed by atoms with van der Waals surface area (Å²) in [6.45, 7) is 7.98. The van der Waals surface area contributed by atoms with Gasteiger partial charge in [-0.1, -0.05) is 0 Å². The van der Waals surface area contributed by atoms with Gasteiger partial charge in [-0.3, -0.25) is 0 Å². The molecule has 136 valence electrons. The Morgan fingerprint density at radius 3 is 3.08 bits per heavy atom. The van der Waals surface area contributed by atoms with Crippen LogP contribution in [0.25, 0.3) is 11.0 Å². The van der Waals surface area contributed by atoms with Crippen LogP contribution < -0.4 is 5.32 Å². The Morgan fingerprint density at radius 2 is 2.32 bits per heavy atom. The van der Waals surface area contributed by atoms with Crippen molar-refractivity contribution in [3.05, 3.63) is 35.3 Å². The third-order valence-electron chi connectivity index (χ3n) is 4.69. The molecule has 1 aromatic carbocycles. The van der Waals surface area contributed by atoms with Crippen LogP contribution in [0.3, 0.4) is 0 Å². The van der Waals surface area contributed by atoms with E-state index in [1.807, 2.05) is 6.92 Å². The molecule has 0 amide bonds. The van der Waals surface area contributed by atoms with Crippen LogP contribution in [0.2, 0.25) is 0 Å². The van der Waals surface area contributed by atoms with E-state index in [-0.39, 0.29) is 5.82 Å². The van der Waals surface area contributed by atoms with Crippen LogP contribution in [0.4, 0.5) is 4.39 Å². The first-order valence-electron chi connectivity index (χ1n) is 8.82. The Bertz CT molecular complexity index is 756. The van der Waals surface area contributed by atoms with Crippen molar-refractivity contribution >= 4 is 16.9 Å². The second-order valence-corrected chi connectivity index (χ2v) is 6.52. The average Bonchev–Trinajstić information content (AvgIpc) is 3.18. The van der Waals surface area contributed by atoms with Crippen molar-refractivity contribution in [3.8, 4) is 0 Å². The van der Waals surface area contributed by atoms with Gasteiger partial charge in [0.25, 0.3) is 0 Å². The maximum atomic E-state index is 13.4. The predicted octanol–water partition coefficient (Wildman–Crippen LogP) is 3.31. The van der Waals surface area contributed by atoms with Crippen molar-refractivity contribution < 1.29 is 13.5 Å². The van der Waals surface area contributed by atoms with Gasteiger partial charge in [0.2, 0.25) is 0 Å². The lowest BCUT2D eigenvalue weighted by molar-refractivity contribution is 0.157. The smallest absolute Gasteiger partial charge is 0.194 e. The number of hydrogen-bond donors (Lipinski definition) is 1. The average molecular weight is 347 g/mol. The molecule has 0 bridgehead atoms. The van der Waals surface area contributed by atoms with Crippen LogP contribution >= 0.6 is 0 Å². The largest absolute Gasteiger partial charge is 0.459 e. The van der Waals surface area contributed by atoms with Gasteiger partial charge in [-0.25, -0.2) is 9.38 Å². The molecule has 1 unspecified atom stereocenters. The molecule has 1 fully saturated rings. The topological polar surface area (TPSA) is 50.0 Å². The summed E-state index contributed by atoms with van der Waals surface area (Å²) in [5.41, 5.74) is 1.66. The fourth-order valence-electron chi connectivity index (χ4n) is 3.36. The van der Waals surface area contributed by atoms with Crippen LogP contribution in [0, 0.1) is 18.7 Å². The summed E-state index contributed by atoms with van der Waals surface area (Å²) in [6.07, 6.45) is 1.11. The molecular weight excluding hydrogens is 321 g/mol. The molecule has 1 N–H and O–H groups in total. The number of halogens is 1. The minimum absolute atomic E-state index is 0.249. The van der Waals surface area contributed by atoms with E-state index in [1.54, 1.807) is 13.2 Å². The van der Waals surface area contributed by atoms with Crippen molar-refractivity contribution in [2.45, 2.75) is 26.8 Å². The minimum atomic E-state index is -0.249. The number of aliphatic imine (C=N–C) groups is 1. The highest BCUT2D eigenvalue weighted by atomic mass is 19.1. The maximum absolute atomic E-state index is 13.4. The lowest BCUT2D eigenvalue weighted by atomic mass is 10.1. The molecule has 0 spiro atoms. The molecule has 6 heteroatoms. The lowest BCUT2D eigenvalue weighted by Crippen LogP contribution is -2.40. The number of nitrogens with zero attached hydrogens (tertiary/aromatic N) is 2. The van der Waals surface area contributed by atoms with Gasteiger partial charge in [-0.15, -0.1) is 0 Å². The molecule has 2 aromatic rings. The molecule has 1 saturated heterocycles. The fraction of sp³-hybridized carbons (Fsp3) is 0.526. The highest BCUT2D eigenvalue weighted by Crippen LogP contribution is 2.26. The molecule has 0 saturated carbocycles. The Morgan fingerprint density at radius 1 is 1.48 bits per heavy atom. The molecule has 2 heterocycles. The number of rotatable bonds is 5. The SMILES string of the molecule is CCNC(=NCc1oc2ccc(F)cc2c1C)N1CCC(COC)C1. The monoisotopic (exact) mass is 347 g/mol. The molecule has 0 radical (unpaired) electrons. The summed E-state index contributed by atoms with van der Waals surface area (Å²) in [6, 6.07) is 4.61. The predicted molar refractivity (Wildman–Crippen MR) is 97.3 cm³/mol. The summed E-state index contributed by atoms with van der Waals surface area (Å²) in [5.74, 6) is 1.97. The van der Waals surface area contributed by atoms with Crippen molar-refractivity contribution in [3.63, 3.8) is 0 Å². The van der Waals surface area contributed by atoms with Crippen molar-refractivity contribution in [2.24, 2.45) is 10.9 Å². The fourth-order valence-corrected chi connectivity index (χ4v) is 3.36. The van der Waals surface area contributed by atoms with Gasteiger partial charge in [-0.05, 0) is 38.5 Å². The van der Waals surface area contributed by atoms with Gasteiger partial charge in [-0.2, -0.15) is 0 Å². The van der Waals surface area contributed by atoms with E-state index in [2.05, 4.69) is 17.1 Å². The second kappa shape index (κ2) is 7.87. The number of benzene rings is 1. The number of furan rings is 1. The first-order valence-corrected chi connectivity index (χ1v) is 8.82. The van der Waals surface area contributed by atoms with Crippen LogP contribution in [0.1, 0.15) is 24.7 Å². The number of ether oxygens (including phenoxy) is 1. The normalized spacial score (nSPS) is 18.3. The molecule has 1 aliphatic rings. The van der Waals surface area contributed by atoms with E-state index in [9.17, 15) is 4.39 Å². The van der Waals surface area contributed by atoms with Gasteiger partial charge in [0.05, 0.1) is 6.61 Å². The summed E-state index contributed by atoms with van der Waals surface area (Å²) < 4.78 is 24.6. The Kier molecular flexibility index (Phi) is 5.58. The summed E-state index contributed by atoms with van der Waals surface area (Å²) in [4.78, 5) is 7.01. The molecule has 5 nitrogen and oxygen atoms in total. The number of aryl methyl sites for hydroxylation is 1. The zero-order valence-corrected chi connectivity index (χ0v) is 15.1. The van der Waals surface area contributed by atoms with E-state index in [0.29, 0.717) is 18.0 Å². The quantitative estimate of drug-likeness (QED) is 0.666. The van der Waals surface area contributed by atoms with Crippen LogP contribution in [-0.4, -0.2) is 44.2 Å². The second-order valence-electron chi connectivity index (χ2n) is 6.52. The molecule has 1 aromatic heterocycles. The van der Waals surface area contributed by atoms with E-state index in [1.165, 1.54) is 12.1 Å².